The average molecular weight is 490 g/mol. The maximum Gasteiger partial charge on any atom is 0.510 e. The van der Waals surface area contributed by atoms with Crippen molar-refractivity contribution in [2.45, 2.75) is 26.0 Å². The molecule has 2 amide bonds. The van der Waals surface area contributed by atoms with Crippen LogP contribution in [0, 0.1) is 5.92 Å². The molecule has 36 heavy (non-hydrogen) atoms. The number of carbonyl (C=O) groups excluding carboxylic acids is 2. The third-order valence-corrected chi connectivity index (χ3v) is 6.78. The average Bonchev–Trinajstić information content (AvgIpc) is 3.40. The number of nitrogens with zero attached hydrogens (tertiary/aromatic N) is 2. The molecule has 9 nitrogen and oxygen atoms in total. The van der Waals surface area contributed by atoms with Crippen molar-refractivity contribution in [1.82, 2.24) is 9.47 Å². The molecule has 0 spiro atoms. The summed E-state index contributed by atoms with van der Waals surface area (Å²) in [6, 6.07) is 15.3. The van der Waals surface area contributed by atoms with Crippen molar-refractivity contribution in [3.63, 3.8) is 0 Å². The van der Waals surface area contributed by atoms with Crippen LogP contribution in [0.1, 0.15) is 30.4 Å². The van der Waals surface area contributed by atoms with E-state index in [9.17, 15) is 14.4 Å². The van der Waals surface area contributed by atoms with E-state index in [-0.39, 0.29) is 19.2 Å². The number of rotatable bonds is 6. The van der Waals surface area contributed by atoms with Crippen molar-refractivity contribution in [2.75, 3.05) is 25.0 Å². The lowest BCUT2D eigenvalue weighted by molar-refractivity contribution is -0.110. The molecule has 0 atom stereocenters. The Morgan fingerprint density at radius 2 is 1.81 bits per heavy atom. The van der Waals surface area contributed by atoms with Crippen LogP contribution < -0.4 is 5.32 Å². The number of hydrogen-bond donors (Lipinski definition) is 2. The summed E-state index contributed by atoms with van der Waals surface area (Å²) in [6.45, 7) is 1.23. The molecule has 2 N–H and O–H groups in total. The smallest absolute Gasteiger partial charge is 0.465 e. The van der Waals surface area contributed by atoms with E-state index in [1.807, 2.05) is 65.4 Å². The number of amides is 2. The first-order chi connectivity index (χ1) is 17.5. The van der Waals surface area contributed by atoms with Crippen LogP contribution in [0.4, 0.5) is 15.3 Å². The third-order valence-electron chi connectivity index (χ3n) is 6.78. The Labute approximate surface area is 207 Å². The summed E-state index contributed by atoms with van der Waals surface area (Å²) in [5.41, 5.74) is 3.94. The van der Waals surface area contributed by atoms with Gasteiger partial charge in [0.1, 0.15) is 0 Å². The molecule has 0 unspecified atom stereocenters. The van der Waals surface area contributed by atoms with Gasteiger partial charge in [-0.1, -0.05) is 36.4 Å². The second-order valence-electron chi connectivity index (χ2n) is 9.00. The van der Waals surface area contributed by atoms with Crippen molar-refractivity contribution >= 4 is 46.4 Å². The minimum Gasteiger partial charge on any atom is -0.465 e. The van der Waals surface area contributed by atoms with Crippen molar-refractivity contribution < 1.29 is 29.0 Å². The second kappa shape index (κ2) is 10.2. The van der Waals surface area contributed by atoms with Gasteiger partial charge in [-0.15, -0.1) is 0 Å². The van der Waals surface area contributed by atoms with Crippen LogP contribution in [0.2, 0.25) is 0 Å². The molecule has 0 bridgehead atoms. The lowest BCUT2D eigenvalue weighted by atomic mass is 9.94. The van der Waals surface area contributed by atoms with Gasteiger partial charge in [0.2, 0.25) is 0 Å². The molecular formula is C27H27N3O6. The minimum absolute atomic E-state index is 0.0255. The summed E-state index contributed by atoms with van der Waals surface area (Å²) in [5, 5.41) is 12.9. The molecule has 3 heterocycles. The molecule has 1 fully saturated rings. The topological polar surface area (TPSA) is 110 Å². The number of fused-ring (bicyclic) bond motifs is 2. The van der Waals surface area contributed by atoms with Gasteiger partial charge in [-0.2, -0.15) is 0 Å². The minimum atomic E-state index is -0.888. The predicted octanol–water partition coefficient (Wildman–Crippen LogP) is 5.02. The summed E-state index contributed by atoms with van der Waals surface area (Å²) in [5.74, 6) is 0.178. The maximum absolute atomic E-state index is 12.6. The van der Waals surface area contributed by atoms with Crippen LogP contribution in [0.15, 0.2) is 54.7 Å². The summed E-state index contributed by atoms with van der Waals surface area (Å²) in [6.07, 6.45) is 4.28. The number of para-hydroxylation sites is 2. The molecule has 1 aromatic heterocycles. The van der Waals surface area contributed by atoms with Gasteiger partial charge in [0.05, 0.1) is 12.1 Å². The van der Waals surface area contributed by atoms with Crippen molar-refractivity contribution in [1.29, 1.82) is 0 Å². The first-order valence-corrected chi connectivity index (χ1v) is 12.0. The van der Waals surface area contributed by atoms with Crippen molar-refractivity contribution in [3.8, 4) is 0 Å². The number of ether oxygens (including phenoxy) is 2. The van der Waals surface area contributed by atoms with E-state index >= 15 is 0 Å². The predicted molar refractivity (Wildman–Crippen MR) is 134 cm³/mol. The molecule has 1 saturated heterocycles. The first-order valence-electron chi connectivity index (χ1n) is 12.0. The Bertz CT molecular complexity index is 1340. The molecule has 0 radical (unpaired) electrons. The Hall–Kier alpha value is -4.27. The van der Waals surface area contributed by atoms with E-state index in [0.717, 1.165) is 40.6 Å². The van der Waals surface area contributed by atoms with Crippen molar-refractivity contribution in [3.05, 3.63) is 65.9 Å². The van der Waals surface area contributed by atoms with Gasteiger partial charge >= 0.3 is 12.2 Å². The molecule has 2 aliphatic heterocycles. The SMILES string of the molecule is O=C(OCCC1CCN(C(=O)O)CC1)OCn1cc(C=C2C(=O)Nc3ccccc32)c2ccccc21. The second-order valence-corrected chi connectivity index (χ2v) is 9.00. The van der Waals surface area contributed by atoms with Crippen LogP contribution in [0.25, 0.3) is 22.6 Å². The summed E-state index contributed by atoms with van der Waals surface area (Å²) in [7, 11) is 0. The molecule has 0 saturated carbocycles. The fraction of sp³-hybridized carbons (Fsp3) is 0.296. The molecule has 3 aromatic rings. The Balaban J connectivity index is 1.21. The number of carboxylic acid groups (broad SMARTS) is 1. The molecule has 2 aliphatic rings. The van der Waals surface area contributed by atoms with Gasteiger partial charge in [-0.05, 0) is 43.4 Å². The number of aromatic nitrogens is 1. The zero-order valence-corrected chi connectivity index (χ0v) is 19.7. The summed E-state index contributed by atoms with van der Waals surface area (Å²) >= 11 is 0. The molecule has 2 aromatic carbocycles. The Kier molecular flexibility index (Phi) is 6.62. The lowest BCUT2D eigenvalue weighted by Crippen LogP contribution is -2.37. The number of hydrogen-bond acceptors (Lipinski definition) is 5. The standard InChI is InChI=1S/C27H27N3O6/c31-25-22(21-6-1-3-7-23(21)28-25)15-19-16-30(24-8-4-2-5-20(19)24)17-36-27(34)35-14-11-18-9-12-29(13-10-18)26(32)33/h1-8,15-16,18H,9-14,17H2,(H,28,31)(H,32,33). The van der Waals surface area contributed by atoms with E-state index in [1.54, 1.807) is 0 Å². The van der Waals surface area contributed by atoms with Crippen molar-refractivity contribution in [2.24, 2.45) is 5.92 Å². The van der Waals surface area contributed by atoms with E-state index in [1.165, 1.54) is 4.90 Å². The highest BCUT2D eigenvalue weighted by Crippen LogP contribution is 2.34. The number of benzene rings is 2. The summed E-state index contributed by atoms with van der Waals surface area (Å²) in [4.78, 5) is 37.2. The Morgan fingerprint density at radius 3 is 2.61 bits per heavy atom. The van der Waals surface area contributed by atoms with E-state index in [0.29, 0.717) is 31.0 Å². The van der Waals surface area contributed by atoms with Crippen LogP contribution in [-0.2, 0) is 21.0 Å². The van der Waals surface area contributed by atoms with Gasteiger partial charge in [-0.3, -0.25) is 4.79 Å². The highest BCUT2D eigenvalue weighted by atomic mass is 16.7. The highest BCUT2D eigenvalue weighted by Gasteiger charge is 2.24. The number of likely N-dealkylation sites (tertiary alicyclic amines) is 1. The number of anilines is 1. The van der Waals surface area contributed by atoms with Gasteiger partial charge in [0.25, 0.3) is 5.91 Å². The molecule has 0 aliphatic carbocycles. The zero-order chi connectivity index (χ0) is 25.1. The highest BCUT2D eigenvalue weighted by molar-refractivity contribution is 6.35. The van der Waals surface area contributed by atoms with Crippen LogP contribution in [0.3, 0.4) is 0 Å². The molecular weight excluding hydrogens is 462 g/mol. The first kappa shape index (κ1) is 23.5. The lowest BCUT2D eigenvalue weighted by Gasteiger charge is -2.29. The zero-order valence-electron chi connectivity index (χ0n) is 19.7. The van der Waals surface area contributed by atoms with Gasteiger partial charge in [0, 0.05) is 47.1 Å². The summed E-state index contributed by atoms with van der Waals surface area (Å²) < 4.78 is 12.4. The van der Waals surface area contributed by atoms with Crippen LogP contribution >= 0.6 is 0 Å². The monoisotopic (exact) mass is 489 g/mol. The van der Waals surface area contributed by atoms with Crippen LogP contribution in [0.5, 0.6) is 0 Å². The van der Waals surface area contributed by atoms with E-state index in [2.05, 4.69) is 5.32 Å². The fourth-order valence-electron chi connectivity index (χ4n) is 4.82. The number of piperidine rings is 1. The number of nitrogens with one attached hydrogen (secondary N) is 1. The quantitative estimate of drug-likeness (QED) is 0.371. The maximum atomic E-state index is 12.6. The van der Waals surface area contributed by atoms with Gasteiger partial charge in [-0.25, -0.2) is 9.59 Å². The third kappa shape index (κ3) is 4.91. The molecule has 5 rings (SSSR count). The number of carbonyl (C=O) groups is 3. The molecule has 186 valence electrons. The normalized spacial score (nSPS) is 16.7. The van der Waals surface area contributed by atoms with Gasteiger partial charge < -0.3 is 29.4 Å². The van der Waals surface area contributed by atoms with E-state index < -0.39 is 12.2 Å². The van der Waals surface area contributed by atoms with E-state index in [4.69, 9.17) is 14.6 Å². The fourth-order valence-corrected chi connectivity index (χ4v) is 4.82. The molecule has 9 heteroatoms. The largest absolute Gasteiger partial charge is 0.510 e. The van der Waals surface area contributed by atoms with Crippen LogP contribution in [-0.4, -0.2) is 52.4 Å². The van der Waals surface area contributed by atoms with Gasteiger partial charge in [0.15, 0.2) is 6.73 Å². The Morgan fingerprint density at radius 1 is 1.06 bits per heavy atom.